The molecule has 0 unspecified atom stereocenters. The Morgan fingerprint density at radius 2 is 2.05 bits per heavy atom. The summed E-state index contributed by atoms with van der Waals surface area (Å²) in [5, 5.41) is 12.0. The molecule has 2 aromatic heterocycles. The number of pyridine rings is 1. The van der Waals surface area contributed by atoms with Gasteiger partial charge < -0.3 is 15.2 Å². The van der Waals surface area contributed by atoms with Crippen LogP contribution in [0.3, 0.4) is 0 Å². The fourth-order valence-corrected chi connectivity index (χ4v) is 2.01. The van der Waals surface area contributed by atoms with Gasteiger partial charge in [-0.25, -0.2) is 19.7 Å². The summed E-state index contributed by atoms with van der Waals surface area (Å²) < 4.78 is 5.27. The summed E-state index contributed by atoms with van der Waals surface area (Å²) >= 11 is 0. The number of anilines is 1. The molecule has 7 nitrogen and oxygen atoms in total. The van der Waals surface area contributed by atoms with Crippen LogP contribution >= 0.6 is 0 Å². The Morgan fingerprint density at radius 1 is 1.33 bits per heavy atom. The molecule has 2 aromatic rings. The number of rotatable bonds is 5. The SMILES string of the molecule is COc1nc(C)cc(C)c1CNc1nccnc1C(=O)O. The van der Waals surface area contributed by atoms with Crippen LogP contribution < -0.4 is 10.1 Å². The molecule has 0 amide bonds. The second-order valence-corrected chi connectivity index (χ2v) is 4.48. The number of carboxylic acids is 1. The summed E-state index contributed by atoms with van der Waals surface area (Å²) in [6.07, 6.45) is 2.78. The van der Waals surface area contributed by atoms with E-state index in [9.17, 15) is 4.79 Å². The van der Waals surface area contributed by atoms with Gasteiger partial charge in [-0.15, -0.1) is 0 Å². The van der Waals surface area contributed by atoms with Crippen molar-refractivity contribution in [2.75, 3.05) is 12.4 Å². The van der Waals surface area contributed by atoms with Crippen molar-refractivity contribution in [1.82, 2.24) is 15.0 Å². The molecule has 2 rings (SSSR count). The molecule has 0 aliphatic carbocycles. The van der Waals surface area contributed by atoms with Crippen LogP contribution in [-0.2, 0) is 6.54 Å². The van der Waals surface area contributed by atoms with Crippen LogP contribution in [0.4, 0.5) is 5.82 Å². The highest BCUT2D eigenvalue weighted by atomic mass is 16.5. The number of aromatic carboxylic acids is 1. The summed E-state index contributed by atoms with van der Waals surface area (Å²) in [7, 11) is 1.55. The zero-order valence-corrected chi connectivity index (χ0v) is 12.0. The zero-order valence-electron chi connectivity index (χ0n) is 12.0. The van der Waals surface area contributed by atoms with Crippen LogP contribution in [0.5, 0.6) is 5.88 Å². The maximum absolute atomic E-state index is 11.1. The van der Waals surface area contributed by atoms with Crippen LogP contribution in [0.25, 0.3) is 0 Å². The fourth-order valence-electron chi connectivity index (χ4n) is 2.01. The molecule has 0 saturated heterocycles. The van der Waals surface area contributed by atoms with Gasteiger partial charge in [-0.05, 0) is 25.5 Å². The molecule has 2 heterocycles. The van der Waals surface area contributed by atoms with Gasteiger partial charge in [0.2, 0.25) is 5.88 Å². The summed E-state index contributed by atoms with van der Waals surface area (Å²) in [4.78, 5) is 23.2. The van der Waals surface area contributed by atoms with Crippen molar-refractivity contribution in [3.8, 4) is 5.88 Å². The maximum Gasteiger partial charge on any atom is 0.358 e. The summed E-state index contributed by atoms with van der Waals surface area (Å²) in [6.45, 7) is 4.18. The highest BCUT2D eigenvalue weighted by Crippen LogP contribution is 2.22. The van der Waals surface area contributed by atoms with Crippen molar-refractivity contribution in [2.45, 2.75) is 20.4 Å². The number of carboxylic acid groups (broad SMARTS) is 1. The quantitative estimate of drug-likeness (QED) is 0.865. The molecule has 21 heavy (non-hydrogen) atoms. The van der Waals surface area contributed by atoms with Gasteiger partial charge in [-0.2, -0.15) is 0 Å². The lowest BCUT2D eigenvalue weighted by atomic mass is 10.1. The first-order chi connectivity index (χ1) is 10.0. The predicted octanol–water partition coefficient (Wildman–Crippen LogP) is 1.81. The number of aromatic nitrogens is 3. The standard InChI is InChI=1S/C14H16N4O3/c1-8-6-9(2)18-13(21-3)10(8)7-17-12-11(14(19)20)15-4-5-16-12/h4-6H,7H2,1-3H3,(H,16,17)(H,19,20). The van der Waals surface area contributed by atoms with Gasteiger partial charge in [0.1, 0.15) is 0 Å². The summed E-state index contributed by atoms with van der Waals surface area (Å²) in [6, 6.07) is 1.94. The number of hydrogen-bond donors (Lipinski definition) is 2. The Labute approximate surface area is 122 Å². The third-order valence-electron chi connectivity index (χ3n) is 2.96. The van der Waals surface area contributed by atoms with E-state index in [2.05, 4.69) is 20.3 Å². The Kier molecular flexibility index (Phi) is 4.32. The summed E-state index contributed by atoms with van der Waals surface area (Å²) in [5.41, 5.74) is 2.60. The van der Waals surface area contributed by atoms with E-state index in [1.165, 1.54) is 12.4 Å². The van der Waals surface area contributed by atoms with Gasteiger partial charge >= 0.3 is 5.97 Å². The van der Waals surface area contributed by atoms with E-state index in [1.54, 1.807) is 7.11 Å². The molecule has 0 radical (unpaired) electrons. The lowest BCUT2D eigenvalue weighted by Crippen LogP contribution is -2.12. The Hall–Kier alpha value is -2.70. The van der Waals surface area contributed by atoms with Crippen molar-refractivity contribution >= 4 is 11.8 Å². The van der Waals surface area contributed by atoms with E-state index in [0.29, 0.717) is 12.4 Å². The van der Waals surface area contributed by atoms with Crippen molar-refractivity contribution < 1.29 is 14.6 Å². The van der Waals surface area contributed by atoms with Gasteiger partial charge in [0, 0.05) is 30.2 Å². The number of methoxy groups -OCH3 is 1. The van der Waals surface area contributed by atoms with Crippen molar-refractivity contribution in [3.05, 3.63) is 41.0 Å². The number of carbonyl (C=O) groups is 1. The molecular formula is C14H16N4O3. The van der Waals surface area contributed by atoms with Gasteiger partial charge in [0.15, 0.2) is 11.5 Å². The van der Waals surface area contributed by atoms with E-state index in [-0.39, 0.29) is 11.5 Å². The molecule has 0 aromatic carbocycles. The molecule has 110 valence electrons. The first-order valence-corrected chi connectivity index (χ1v) is 6.32. The Morgan fingerprint density at radius 3 is 2.71 bits per heavy atom. The van der Waals surface area contributed by atoms with E-state index >= 15 is 0 Å². The minimum atomic E-state index is -1.13. The molecule has 0 aliphatic rings. The first-order valence-electron chi connectivity index (χ1n) is 6.32. The highest BCUT2D eigenvalue weighted by Gasteiger charge is 2.14. The minimum absolute atomic E-state index is 0.116. The first kappa shape index (κ1) is 14.7. The largest absolute Gasteiger partial charge is 0.481 e. The van der Waals surface area contributed by atoms with E-state index in [0.717, 1.165) is 16.8 Å². The lowest BCUT2D eigenvalue weighted by molar-refractivity contribution is 0.0691. The molecule has 0 aliphatic heterocycles. The molecule has 7 heteroatoms. The topological polar surface area (TPSA) is 97.2 Å². The van der Waals surface area contributed by atoms with Crippen LogP contribution in [0, 0.1) is 13.8 Å². The minimum Gasteiger partial charge on any atom is -0.481 e. The average molecular weight is 288 g/mol. The van der Waals surface area contributed by atoms with Crippen molar-refractivity contribution in [1.29, 1.82) is 0 Å². The average Bonchev–Trinajstić information content (AvgIpc) is 2.45. The van der Waals surface area contributed by atoms with Crippen LogP contribution in [0.2, 0.25) is 0 Å². The third kappa shape index (κ3) is 3.25. The molecule has 0 atom stereocenters. The maximum atomic E-state index is 11.1. The van der Waals surface area contributed by atoms with Gasteiger partial charge in [-0.3, -0.25) is 0 Å². The number of hydrogen-bond acceptors (Lipinski definition) is 6. The monoisotopic (exact) mass is 288 g/mol. The highest BCUT2D eigenvalue weighted by molar-refractivity contribution is 5.90. The smallest absolute Gasteiger partial charge is 0.358 e. The van der Waals surface area contributed by atoms with Gasteiger partial charge in [0.05, 0.1) is 7.11 Å². The van der Waals surface area contributed by atoms with Crippen LogP contribution in [0.15, 0.2) is 18.5 Å². The Bertz CT molecular complexity index is 673. The second-order valence-electron chi connectivity index (χ2n) is 4.48. The van der Waals surface area contributed by atoms with Gasteiger partial charge in [0.25, 0.3) is 0 Å². The number of aryl methyl sites for hydroxylation is 2. The van der Waals surface area contributed by atoms with E-state index < -0.39 is 5.97 Å². The number of ether oxygens (including phenoxy) is 1. The second kappa shape index (κ2) is 6.17. The number of nitrogens with one attached hydrogen (secondary N) is 1. The normalized spacial score (nSPS) is 10.2. The number of nitrogens with zero attached hydrogens (tertiary/aromatic N) is 3. The molecule has 0 bridgehead atoms. The van der Waals surface area contributed by atoms with Gasteiger partial charge in [-0.1, -0.05) is 0 Å². The summed E-state index contributed by atoms with van der Waals surface area (Å²) in [5.74, 6) is -0.399. The van der Waals surface area contributed by atoms with Crippen LogP contribution in [0.1, 0.15) is 27.3 Å². The molecule has 2 N–H and O–H groups in total. The van der Waals surface area contributed by atoms with Crippen LogP contribution in [-0.4, -0.2) is 33.1 Å². The fraction of sp³-hybridized carbons (Fsp3) is 0.286. The lowest BCUT2D eigenvalue weighted by Gasteiger charge is -2.13. The van der Waals surface area contributed by atoms with E-state index in [1.807, 2.05) is 19.9 Å². The predicted molar refractivity (Wildman–Crippen MR) is 76.6 cm³/mol. The zero-order chi connectivity index (χ0) is 15.4. The molecule has 0 fully saturated rings. The third-order valence-corrected chi connectivity index (χ3v) is 2.96. The Balaban J connectivity index is 2.27. The molecule has 0 saturated carbocycles. The van der Waals surface area contributed by atoms with Crippen molar-refractivity contribution in [2.24, 2.45) is 0 Å². The van der Waals surface area contributed by atoms with E-state index in [4.69, 9.17) is 9.84 Å². The molecule has 0 spiro atoms. The molecular weight excluding hydrogens is 272 g/mol. The van der Waals surface area contributed by atoms with Crippen molar-refractivity contribution in [3.63, 3.8) is 0 Å².